The molecule has 0 spiro atoms. The Kier molecular flexibility index (Phi) is 8.07. The SMILES string of the molecule is COc1ccc(S(=O)(=O)C2CCN(C(=O)CCc3ccc(OC)c(OC)c3OC)CC2)cc1. The summed E-state index contributed by atoms with van der Waals surface area (Å²) in [6, 6.07) is 10.1. The second-order valence-electron chi connectivity index (χ2n) is 7.79. The Balaban J connectivity index is 1.60. The predicted octanol–water partition coefficient (Wildman–Crippen LogP) is 3.12. The number of benzene rings is 2. The summed E-state index contributed by atoms with van der Waals surface area (Å²) in [5, 5.41) is -0.499. The number of aryl methyl sites for hydroxylation is 1. The van der Waals surface area contributed by atoms with Crippen molar-refractivity contribution in [2.75, 3.05) is 41.5 Å². The fraction of sp³-hybridized carbons (Fsp3) is 0.458. The zero-order valence-corrected chi connectivity index (χ0v) is 20.3. The van der Waals surface area contributed by atoms with Crippen molar-refractivity contribution in [1.29, 1.82) is 0 Å². The largest absolute Gasteiger partial charge is 0.497 e. The van der Waals surface area contributed by atoms with E-state index >= 15 is 0 Å². The Bertz CT molecular complexity index is 1060. The number of rotatable bonds is 9. The first kappa shape index (κ1) is 24.7. The van der Waals surface area contributed by atoms with Crippen LogP contribution in [0.25, 0.3) is 0 Å². The highest BCUT2D eigenvalue weighted by molar-refractivity contribution is 7.92. The molecule has 0 radical (unpaired) electrons. The van der Waals surface area contributed by atoms with Crippen molar-refractivity contribution < 1.29 is 32.2 Å². The van der Waals surface area contributed by atoms with Gasteiger partial charge in [-0.3, -0.25) is 4.79 Å². The van der Waals surface area contributed by atoms with Gasteiger partial charge in [-0.2, -0.15) is 0 Å². The summed E-state index contributed by atoms with van der Waals surface area (Å²) in [6.45, 7) is 0.837. The molecule has 1 fully saturated rings. The van der Waals surface area contributed by atoms with E-state index in [9.17, 15) is 13.2 Å². The van der Waals surface area contributed by atoms with Gasteiger partial charge in [0.25, 0.3) is 0 Å². The van der Waals surface area contributed by atoms with E-state index < -0.39 is 15.1 Å². The van der Waals surface area contributed by atoms with E-state index in [1.165, 1.54) is 7.11 Å². The number of likely N-dealkylation sites (tertiary alicyclic amines) is 1. The summed E-state index contributed by atoms with van der Waals surface area (Å²) in [5.41, 5.74) is 0.848. The van der Waals surface area contributed by atoms with Crippen molar-refractivity contribution in [2.24, 2.45) is 0 Å². The van der Waals surface area contributed by atoms with Crippen LogP contribution in [0.3, 0.4) is 0 Å². The van der Waals surface area contributed by atoms with Crippen molar-refractivity contribution in [2.45, 2.75) is 35.8 Å². The van der Waals surface area contributed by atoms with Gasteiger partial charge in [-0.05, 0) is 55.2 Å². The molecule has 1 amide bonds. The molecule has 0 aromatic heterocycles. The number of hydrogen-bond donors (Lipinski definition) is 0. The smallest absolute Gasteiger partial charge is 0.222 e. The van der Waals surface area contributed by atoms with Crippen LogP contribution in [0.5, 0.6) is 23.0 Å². The van der Waals surface area contributed by atoms with Crippen molar-refractivity contribution in [1.82, 2.24) is 4.90 Å². The van der Waals surface area contributed by atoms with Crippen molar-refractivity contribution in [3.05, 3.63) is 42.0 Å². The lowest BCUT2D eigenvalue weighted by atomic mass is 10.1. The van der Waals surface area contributed by atoms with Crippen molar-refractivity contribution in [3.8, 4) is 23.0 Å². The van der Waals surface area contributed by atoms with E-state index in [-0.39, 0.29) is 10.8 Å². The van der Waals surface area contributed by atoms with Gasteiger partial charge >= 0.3 is 0 Å². The number of ether oxygens (including phenoxy) is 4. The second-order valence-corrected chi connectivity index (χ2v) is 10.0. The third-order valence-corrected chi connectivity index (χ3v) is 8.29. The molecule has 2 aromatic carbocycles. The lowest BCUT2D eigenvalue weighted by molar-refractivity contribution is -0.132. The van der Waals surface area contributed by atoms with Crippen LogP contribution in [0, 0.1) is 0 Å². The van der Waals surface area contributed by atoms with Crippen molar-refractivity contribution in [3.63, 3.8) is 0 Å². The maximum Gasteiger partial charge on any atom is 0.222 e. The van der Waals surface area contributed by atoms with Crippen molar-refractivity contribution >= 4 is 15.7 Å². The first-order valence-electron chi connectivity index (χ1n) is 10.8. The fourth-order valence-electron chi connectivity index (χ4n) is 4.13. The van der Waals surface area contributed by atoms with E-state index in [1.807, 2.05) is 6.07 Å². The number of methoxy groups -OCH3 is 4. The molecule has 1 aliphatic rings. The molecule has 9 heteroatoms. The molecule has 2 aromatic rings. The summed E-state index contributed by atoms with van der Waals surface area (Å²) in [4.78, 5) is 14.8. The van der Waals surface area contributed by atoms with Gasteiger partial charge < -0.3 is 23.8 Å². The van der Waals surface area contributed by atoms with Gasteiger partial charge in [0.1, 0.15) is 5.75 Å². The fourth-order valence-corrected chi connectivity index (χ4v) is 5.86. The van der Waals surface area contributed by atoms with Gasteiger partial charge in [0.15, 0.2) is 21.3 Å². The number of sulfone groups is 1. The Morgan fingerprint density at radius 1 is 0.879 bits per heavy atom. The Labute approximate surface area is 195 Å². The van der Waals surface area contributed by atoms with Gasteiger partial charge in [-0.1, -0.05) is 6.07 Å². The number of piperidine rings is 1. The van der Waals surface area contributed by atoms with Crippen LogP contribution in [0.4, 0.5) is 0 Å². The lowest BCUT2D eigenvalue weighted by Gasteiger charge is -2.32. The molecule has 180 valence electrons. The van der Waals surface area contributed by atoms with E-state index in [2.05, 4.69) is 0 Å². The van der Waals surface area contributed by atoms with E-state index in [0.717, 1.165) is 5.56 Å². The van der Waals surface area contributed by atoms with Crippen LogP contribution >= 0.6 is 0 Å². The van der Waals surface area contributed by atoms with E-state index in [0.29, 0.717) is 61.8 Å². The number of carbonyl (C=O) groups is 1. The Morgan fingerprint density at radius 2 is 1.52 bits per heavy atom. The summed E-state index contributed by atoms with van der Waals surface area (Å²) in [7, 11) is 2.74. The normalized spacial score (nSPS) is 14.6. The standard InChI is InChI=1S/C24H31NO7S/c1-29-18-7-9-19(10-8-18)33(27,28)20-13-15-25(16-14-20)22(26)12-6-17-5-11-21(30-2)24(32-4)23(17)31-3/h5,7-11,20H,6,12-16H2,1-4H3. The molecule has 33 heavy (non-hydrogen) atoms. The van der Waals surface area contributed by atoms with Crippen LogP contribution in [-0.2, 0) is 21.1 Å². The average molecular weight is 478 g/mol. The van der Waals surface area contributed by atoms with E-state index in [4.69, 9.17) is 18.9 Å². The molecule has 1 aliphatic heterocycles. The molecular formula is C24H31NO7S. The first-order valence-corrected chi connectivity index (χ1v) is 12.3. The molecule has 1 heterocycles. The third kappa shape index (κ3) is 5.35. The Hall–Kier alpha value is -2.94. The minimum absolute atomic E-state index is 0.00728. The van der Waals surface area contributed by atoms with Gasteiger partial charge in [0, 0.05) is 19.5 Å². The molecule has 0 saturated carbocycles. The van der Waals surface area contributed by atoms with E-state index in [1.54, 1.807) is 56.6 Å². The van der Waals surface area contributed by atoms with Crippen LogP contribution in [0.1, 0.15) is 24.8 Å². The molecule has 1 saturated heterocycles. The zero-order valence-electron chi connectivity index (χ0n) is 19.5. The number of nitrogens with zero attached hydrogens (tertiary/aromatic N) is 1. The molecule has 0 atom stereocenters. The van der Waals surface area contributed by atoms with Crippen LogP contribution in [-0.4, -0.2) is 66.0 Å². The topological polar surface area (TPSA) is 91.4 Å². The molecule has 0 aliphatic carbocycles. The predicted molar refractivity (Wildman–Crippen MR) is 124 cm³/mol. The quantitative estimate of drug-likeness (QED) is 0.548. The van der Waals surface area contributed by atoms with Gasteiger partial charge in [0.05, 0.1) is 38.6 Å². The third-order valence-electron chi connectivity index (χ3n) is 6.02. The molecule has 8 nitrogen and oxygen atoms in total. The molecule has 0 bridgehead atoms. The van der Waals surface area contributed by atoms with Gasteiger partial charge in [-0.25, -0.2) is 8.42 Å². The maximum absolute atomic E-state index is 13.0. The number of amides is 1. The van der Waals surface area contributed by atoms with Gasteiger partial charge in [0.2, 0.25) is 11.7 Å². The average Bonchev–Trinajstić information content (AvgIpc) is 2.86. The van der Waals surface area contributed by atoms with Crippen LogP contribution in [0.2, 0.25) is 0 Å². The highest BCUT2D eigenvalue weighted by Gasteiger charge is 2.32. The number of carbonyl (C=O) groups excluding carboxylic acids is 1. The van der Waals surface area contributed by atoms with Crippen LogP contribution in [0.15, 0.2) is 41.3 Å². The second kappa shape index (κ2) is 10.8. The summed E-state index contributed by atoms with van der Waals surface area (Å²) in [6.07, 6.45) is 1.60. The highest BCUT2D eigenvalue weighted by Crippen LogP contribution is 2.40. The Morgan fingerprint density at radius 3 is 2.06 bits per heavy atom. The monoisotopic (exact) mass is 477 g/mol. The minimum Gasteiger partial charge on any atom is -0.497 e. The first-order chi connectivity index (χ1) is 15.8. The number of hydrogen-bond acceptors (Lipinski definition) is 7. The summed E-state index contributed by atoms with van der Waals surface area (Å²) >= 11 is 0. The molecule has 0 N–H and O–H groups in total. The van der Waals surface area contributed by atoms with Gasteiger partial charge in [-0.15, -0.1) is 0 Å². The summed E-state index contributed by atoms with van der Waals surface area (Å²) in [5.74, 6) is 2.21. The minimum atomic E-state index is -3.45. The van der Waals surface area contributed by atoms with Crippen LogP contribution < -0.4 is 18.9 Å². The zero-order chi connectivity index (χ0) is 24.0. The molecular weight excluding hydrogens is 446 g/mol. The maximum atomic E-state index is 13.0. The lowest BCUT2D eigenvalue weighted by Crippen LogP contribution is -2.42. The highest BCUT2D eigenvalue weighted by atomic mass is 32.2. The molecule has 0 unspecified atom stereocenters. The molecule has 3 rings (SSSR count). The summed E-state index contributed by atoms with van der Waals surface area (Å²) < 4.78 is 47.3.